The van der Waals surface area contributed by atoms with Gasteiger partial charge in [0, 0.05) is 19.6 Å². The summed E-state index contributed by atoms with van der Waals surface area (Å²) in [7, 11) is -2.57. The molecule has 0 aliphatic carbocycles. The van der Waals surface area contributed by atoms with Gasteiger partial charge in [-0.25, -0.2) is 13.2 Å². The molecule has 0 radical (unpaired) electrons. The van der Waals surface area contributed by atoms with Crippen molar-refractivity contribution < 1.29 is 36.2 Å². The van der Waals surface area contributed by atoms with Gasteiger partial charge in [-0.3, -0.25) is 4.90 Å². The van der Waals surface area contributed by atoms with Crippen molar-refractivity contribution >= 4 is 15.8 Å². The van der Waals surface area contributed by atoms with E-state index in [0.29, 0.717) is 19.5 Å². The van der Waals surface area contributed by atoms with E-state index < -0.39 is 33.7 Å². The van der Waals surface area contributed by atoms with Crippen molar-refractivity contribution in [2.24, 2.45) is 0 Å². The van der Waals surface area contributed by atoms with Crippen LogP contribution in [-0.4, -0.2) is 44.6 Å². The Labute approximate surface area is 242 Å². The van der Waals surface area contributed by atoms with Crippen LogP contribution in [-0.2, 0) is 33.7 Å². The van der Waals surface area contributed by atoms with Crippen molar-refractivity contribution in [3.63, 3.8) is 0 Å². The third-order valence-corrected chi connectivity index (χ3v) is 8.60. The van der Waals surface area contributed by atoms with Gasteiger partial charge in [0.25, 0.3) is 0 Å². The molecule has 0 amide bonds. The van der Waals surface area contributed by atoms with Gasteiger partial charge in [-0.1, -0.05) is 54.6 Å². The van der Waals surface area contributed by atoms with Crippen LogP contribution in [0, 0.1) is 0 Å². The summed E-state index contributed by atoms with van der Waals surface area (Å²) < 4.78 is 70.4. The fourth-order valence-corrected chi connectivity index (χ4v) is 5.76. The number of rotatable bonds is 11. The highest BCUT2D eigenvalue weighted by Gasteiger charge is 2.31. The molecule has 4 aromatic carbocycles. The first-order valence-corrected chi connectivity index (χ1v) is 14.6. The molecule has 220 valence electrons. The molecule has 0 unspecified atom stereocenters. The Morgan fingerprint density at radius 3 is 2.07 bits per heavy atom. The summed E-state index contributed by atoms with van der Waals surface area (Å²) in [6, 6.07) is 26.1. The standard InChI is InChI=1S/C32H30F3NO5S/c1-41-31(38)25-12-16-29(17-13-25)42(39,40)28-14-10-23(11-15-28)18-19-36(21-24-6-3-2-4-7-24)22-30(37)26-8-5-9-27(20-26)32(33,34)35/h2-17,20,30,37H,18-19,21-22H2,1H3/t30-/m1/s1. The zero-order valence-electron chi connectivity index (χ0n) is 22.8. The zero-order chi connectivity index (χ0) is 30.3. The Bertz CT molecular complexity index is 1590. The second-order valence-electron chi connectivity index (χ2n) is 9.77. The number of benzene rings is 4. The largest absolute Gasteiger partial charge is 0.465 e. The lowest BCUT2D eigenvalue weighted by Gasteiger charge is -2.26. The molecule has 0 fully saturated rings. The molecule has 0 bridgehead atoms. The van der Waals surface area contributed by atoms with E-state index in [4.69, 9.17) is 0 Å². The molecule has 0 spiro atoms. The van der Waals surface area contributed by atoms with E-state index in [9.17, 15) is 31.5 Å². The minimum atomic E-state index is -4.51. The van der Waals surface area contributed by atoms with Crippen molar-refractivity contribution in [1.29, 1.82) is 0 Å². The van der Waals surface area contributed by atoms with Gasteiger partial charge < -0.3 is 9.84 Å². The van der Waals surface area contributed by atoms with Crippen LogP contribution in [0.4, 0.5) is 13.2 Å². The Morgan fingerprint density at radius 2 is 1.48 bits per heavy atom. The maximum absolute atomic E-state index is 13.2. The van der Waals surface area contributed by atoms with E-state index in [1.807, 2.05) is 35.2 Å². The number of nitrogens with zero attached hydrogens (tertiary/aromatic N) is 1. The van der Waals surface area contributed by atoms with E-state index in [1.165, 1.54) is 55.6 Å². The summed E-state index contributed by atoms with van der Waals surface area (Å²) >= 11 is 0. The number of alkyl halides is 3. The van der Waals surface area contributed by atoms with Gasteiger partial charge >= 0.3 is 12.1 Å². The van der Waals surface area contributed by atoms with Crippen LogP contribution < -0.4 is 0 Å². The van der Waals surface area contributed by atoms with Gasteiger partial charge in [-0.05, 0) is 71.6 Å². The number of aliphatic hydroxyl groups excluding tert-OH is 1. The Morgan fingerprint density at radius 1 is 0.857 bits per heavy atom. The van der Waals surface area contributed by atoms with E-state index in [-0.39, 0.29) is 27.5 Å². The zero-order valence-corrected chi connectivity index (χ0v) is 23.6. The third kappa shape index (κ3) is 7.84. The monoisotopic (exact) mass is 597 g/mol. The molecular formula is C32H30F3NO5S. The smallest absolute Gasteiger partial charge is 0.416 e. The molecule has 4 rings (SSSR count). The van der Waals surface area contributed by atoms with Crippen molar-refractivity contribution in [2.75, 3.05) is 20.2 Å². The molecule has 6 nitrogen and oxygen atoms in total. The minimum absolute atomic E-state index is 0.0421. The molecule has 1 N–H and O–H groups in total. The molecule has 1 atom stereocenters. The Kier molecular flexibility index (Phi) is 9.82. The first-order valence-electron chi connectivity index (χ1n) is 13.1. The lowest BCUT2D eigenvalue weighted by atomic mass is 10.0. The highest BCUT2D eigenvalue weighted by molar-refractivity contribution is 7.91. The second-order valence-corrected chi connectivity index (χ2v) is 11.7. The lowest BCUT2D eigenvalue weighted by molar-refractivity contribution is -0.137. The maximum Gasteiger partial charge on any atom is 0.416 e. The van der Waals surface area contributed by atoms with Gasteiger partial charge in [0.15, 0.2) is 0 Å². The van der Waals surface area contributed by atoms with Crippen LogP contribution in [0.2, 0.25) is 0 Å². The van der Waals surface area contributed by atoms with Crippen molar-refractivity contribution in [3.05, 3.63) is 131 Å². The van der Waals surface area contributed by atoms with Crippen LogP contribution in [0.1, 0.15) is 38.7 Å². The number of carbonyl (C=O) groups is 1. The maximum atomic E-state index is 13.2. The number of esters is 1. The number of sulfone groups is 1. The number of halogens is 3. The average Bonchev–Trinajstić information content (AvgIpc) is 3.00. The van der Waals surface area contributed by atoms with E-state index >= 15 is 0 Å². The lowest BCUT2D eigenvalue weighted by Crippen LogP contribution is -2.30. The van der Waals surface area contributed by atoms with Crippen LogP contribution in [0.3, 0.4) is 0 Å². The molecular weight excluding hydrogens is 567 g/mol. The van der Waals surface area contributed by atoms with Gasteiger partial charge in [-0.15, -0.1) is 0 Å². The fraction of sp³-hybridized carbons (Fsp3) is 0.219. The highest BCUT2D eigenvalue weighted by atomic mass is 32.2. The van der Waals surface area contributed by atoms with Crippen LogP contribution >= 0.6 is 0 Å². The minimum Gasteiger partial charge on any atom is -0.465 e. The topological polar surface area (TPSA) is 83.9 Å². The number of carbonyl (C=O) groups excluding carboxylic acids is 1. The summed E-state index contributed by atoms with van der Waals surface area (Å²) in [6.45, 7) is 1.03. The number of aliphatic hydroxyl groups is 1. The van der Waals surface area contributed by atoms with Crippen LogP contribution in [0.15, 0.2) is 113 Å². The molecule has 10 heteroatoms. The van der Waals surface area contributed by atoms with Gasteiger partial charge in [0.1, 0.15) is 0 Å². The number of hydrogen-bond acceptors (Lipinski definition) is 6. The summed E-state index contributed by atoms with van der Waals surface area (Å²) in [4.78, 5) is 13.7. The van der Waals surface area contributed by atoms with Gasteiger partial charge in [0.05, 0.1) is 34.1 Å². The molecule has 0 saturated carbocycles. The van der Waals surface area contributed by atoms with Crippen molar-refractivity contribution in [2.45, 2.75) is 35.0 Å². The quantitative estimate of drug-likeness (QED) is 0.210. The average molecular weight is 598 g/mol. The second kappa shape index (κ2) is 13.3. The van der Waals surface area contributed by atoms with Crippen molar-refractivity contribution in [1.82, 2.24) is 4.90 Å². The number of ether oxygens (including phenoxy) is 1. The fourth-order valence-electron chi connectivity index (χ4n) is 4.50. The van der Waals surface area contributed by atoms with Gasteiger partial charge in [-0.2, -0.15) is 13.2 Å². The van der Waals surface area contributed by atoms with E-state index in [2.05, 4.69) is 4.74 Å². The summed E-state index contributed by atoms with van der Waals surface area (Å²) in [5.74, 6) is -0.563. The molecule has 0 heterocycles. The number of methoxy groups -OCH3 is 1. The number of hydrogen-bond donors (Lipinski definition) is 1. The predicted molar refractivity (Wildman–Crippen MR) is 152 cm³/mol. The summed E-state index contributed by atoms with van der Waals surface area (Å²) in [6.07, 6.45) is -5.14. The molecule has 0 aromatic heterocycles. The Hall–Kier alpha value is -3.99. The van der Waals surface area contributed by atoms with Crippen LogP contribution in [0.25, 0.3) is 0 Å². The summed E-state index contributed by atoms with van der Waals surface area (Å²) in [5.41, 5.74) is 1.43. The van der Waals surface area contributed by atoms with Gasteiger partial charge in [0.2, 0.25) is 9.84 Å². The predicted octanol–water partition coefficient (Wildman–Crippen LogP) is 6.10. The van der Waals surface area contributed by atoms with E-state index in [0.717, 1.165) is 23.3 Å². The summed E-state index contributed by atoms with van der Waals surface area (Å²) in [5, 5.41) is 10.9. The Balaban J connectivity index is 1.47. The normalized spacial score (nSPS) is 12.7. The first kappa shape index (κ1) is 31.0. The molecule has 0 saturated heterocycles. The van der Waals surface area contributed by atoms with E-state index in [1.54, 1.807) is 12.1 Å². The van der Waals surface area contributed by atoms with Crippen LogP contribution in [0.5, 0.6) is 0 Å². The highest BCUT2D eigenvalue weighted by Crippen LogP contribution is 2.31. The third-order valence-electron chi connectivity index (χ3n) is 6.81. The molecule has 0 aliphatic heterocycles. The van der Waals surface area contributed by atoms with Crippen molar-refractivity contribution in [3.8, 4) is 0 Å². The molecule has 4 aromatic rings. The molecule has 42 heavy (non-hydrogen) atoms. The molecule has 0 aliphatic rings. The SMILES string of the molecule is COC(=O)c1ccc(S(=O)(=O)c2ccc(CCN(Cc3ccccc3)C[C@@H](O)c3cccc(C(F)(F)F)c3)cc2)cc1. The first-order chi connectivity index (χ1) is 20.0.